The Bertz CT molecular complexity index is 661. The number of amides is 1. The van der Waals surface area contributed by atoms with E-state index in [0.29, 0.717) is 13.2 Å². The van der Waals surface area contributed by atoms with Gasteiger partial charge in [-0.2, -0.15) is 0 Å². The summed E-state index contributed by atoms with van der Waals surface area (Å²) >= 11 is 0. The standard InChI is InChI=1S/C18H23NO3/c1-3-16-15(9-11-21-16)18(20)19-10-8-13-12(2)22-17-7-5-4-6-14(13)17/h4-7,15-16H,3,8-11H2,1-2H3,(H,19,20)/t15-,16+/m1/s1. The van der Waals surface area contributed by atoms with Crippen LogP contribution in [-0.4, -0.2) is 25.2 Å². The lowest BCUT2D eigenvalue weighted by molar-refractivity contribution is -0.126. The topological polar surface area (TPSA) is 51.5 Å². The maximum absolute atomic E-state index is 12.3. The van der Waals surface area contributed by atoms with Crippen LogP contribution in [0.1, 0.15) is 31.1 Å². The van der Waals surface area contributed by atoms with Gasteiger partial charge in [-0.05, 0) is 32.3 Å². The van der Waals surface area contributed by atoms with Gasteiger partial charge in [0, 0.05) is 24.1 Å². The quantitative estimate of drug-likeness (QED) is 0.922. The number of carbonyl (C=O) groups is 1. The normalized spacial score (nSPS) is 21.4. The van der Waals surface area contributed by atoms with Gasteiger partial charge in [0.1, 0.15) is 11.3 Å². The van der Waals surface area contributed by atoms with E-state index in [2.05, 4.69) is 18.3 Å². The van der Waals surface area contributed by atoms with Crippen LogP contribution in [0, 0.1) is 12.8 Å². The molecule has 1 aromatic heterocycles. The number of hydrogen-bond acceptors (Lipinski definition) is 3. The van der Waals surface area contributed by atoms with E-state index in [1.807, 2.05) is 25.1 Å². The first-order chi connectivity index (χ1) is 10.7. The van der Waals surface area contributed by atoms with Crippen LogP contribution in [0.25, 0.3) is 11.0 Å². The van der Waals surface area contributed by atoms with Crippen molar-refractivity contribution >= 4 is 16.9 Å². The molecule has 3 rings (SSSR count). The summed E-state index contributed by atoms with van der Waals surface area (Å²) < 4.78 is 11.3. The molecule has 2 atom stereocenters. The fourth-order valence-electron chi connectivity index (χ4n) is 3.32. The number of para-hydroxylation sites is 1. The molecule has 4 nitrogen and oxygen atoms in total. The fraction of sp³-hybridized carbons (Fsp3) is 0.500. The monoisotopic (exact) mass is 301 g/mol. The van der Waals surface area contributed by atoms with Gasteiger partial charge >= 0.3 is 0 Å². The van der Waals surface area contributed by atoms with Crippen molar-refractivity contribution in [2.24, 2.45) is 5.92 Å². The number of ether oxygens (including phenoxy) is 1. The summed E-state index contributed by atoms with van der Waals surface area (Å²) in [6.07, 6.45) is 2.59. The Kier molecular flexibility index (Phi) is 4.48. The summed E-state index contributed by atoms with van der Waals surface area (Å²) in [5, 5.41) is 4.20. The van der Waals surface area contributed by atoms with E-state index in [0.717, 1.165) is 36.0 Å². The van der Waals surface area contributed by atoms with Crippen LogP contribution >= 0.6 is 0 Å². The maximum atomic E-state index is 12.3. The summed E-state index contributed by atoms with van der Waals surface area (Å²) in [6, 6.07) is 8.04. The van der Waals surface area contributed by atoms with Crippen molar-refractivity contribution in [3.8, 4) is 0 Å². The number of furan rings is 1. The average Bonchev–Trinajstić information content (AvgIpc) is 3.11. The maximum Gasteiger partial charge on any atom is 0.225 e. The number of rotatable bonds is 5. The van der Waals surface area contributed by atoms with Gasteiger partial charge in [0.25, 0.3) is 0 Å². The average molecular weight is 301 g/mol. The molecular weight excluding hydrogens is 278 g/mol. The van der Waals surface area contributed by atoms with E-state index in [9.17, 15) is 4.79 Å². The molecular formula is C18H23NO3. The fourth-order valence-corrected chi connectivity index (χ4v) is 3.32. The highest BCUT2D eigenvalue weighted by Crippen LogP contribution is 2.26. The van der Waals surface area contributed by atoms with E-state index in [4.69, 9.17) is 9.15 Å². The van der Waals surface area contributed by atoms with Gasteiger partial charge < -0.3 is 14.5 Å². The number of fused-ring (bicyclic) bond motifs is 1. The predicted octanol–water partition coefficient (Wildman–Crippen LogP) is 3.22. The van der Waals surface area contributed by atoms with Crippen LogP contribution in [0.3, 0.4) is 0 Å². The van der Waals surface area contributed by atoms with E-state index in [-0.39, 0.29) is 17.9 Å². The van der Waals surface area contributed by atoms with Crippen LogP contribution < -0.4 is 5.32 Å². The zero-order valence-corrected chi connectivity index (χ0v) is 13.2. The van der Waals surface area contributed by atoms with Crippen molar-refractivity contribution in [1.82, 2.24) is 5.32 Å². The molecule has 1 aromatic carbocycles. The lowest BCUT2D eigenvalue weighted by Gasteiger charge is -2.16. The molecule has 2 heterocycles. The molecule has 0 saturated carbocycles. The molecule has 0 aliphatic carbocycles. The Morgan fingerprint density at radius 3 is 3.00 bits per heavy atom. The van der Waals surface area contributed by atoms with Crippen LogP contribution in [-0.2, 0) is 16.0 Å². The molecule has 1 N–H and O–H groups in total. The first kappa shape index (κ1) is 15.1. The molecule has 0 radical (unpaired) electrons. The molecule has 1 amide bonds. The summed E-state index contributed by atoms with van der Waals surface area (Å²) in [5.41, 5.74) is 2.10. The van der Waals surface area contributed by atoms with Crippen LogP contribution in [0.4, 0.5) is 0 Å². The second-order valence-electron chi connectivity index (χ2n) is 5.89. The summed E-state index contributed by atoms with van der Waals surface area (Å²) in [6.45, 7) is 5.38. The van der Waals surface area contributed by atoms with Gasteiger partial charge in [-0.15, -0.1) is 0 Å². The van der Waals surface area contributed by atoms with Gasteiger partial charge in [-0.1, -0.05) is 25.1 Å². The van der Waals surface area contributed by atoms with Crippen LogP contribution in [0.5, 0.6) is 0 Å². The molecule has 1 aliphatic rings. The van der Waals surface area contributed by atoms with E-state index >= 15 is 0 Å². The van der Waals surface area contributed by atoms with Crippen molar-refractivity contribution < 1.29 is 13.9 Å². The second kappa shape index (κ2) is 6.53. The van der Waals surface area contributed by atoms with E-state index < -0.39 is 0 Å². The minimum Gasteiger partial charge on any atom is -0.461 e. The number of nitrogens with one attached hydrogen (secondary N) is 1. The Hall–Kier alpha value is -1.81. The van der Waals surface area contributed by atoms with Crippen molar-refractivity contribution in [3.05, 3.63) is 35.6 Å². The van der Waals surface area contributed by atoms with Gasteiger partial charge in [-0.3, -0.25) is 4.79 Å². The molecule has 118 valence electrons. The van der Waals surface area contributed by atoms with Crippen LogP contribution in [0.2, 0.25) is 0 Å². The third kappa shape index (κ3) is 2.88. The van der Waals surface area contributed by atoms with E-state index in [1.54, 1.807) is 0 Å². The second-order valence-corrected chi connectivity index (χ2v) is 5.89. The molecule has 0 unspecified atom stereocenters. The number of carbonyl (C=O) groups excluding carboxylic acids is 1. The number of aryl methyl sites for hydroxylation is 1. The molecule has 1 fully saturated rings. The summed E-state index contributed by atoms with van der Waals surface area (Å²) in [4.78, 5) is 12.3. The Morgan fingerprint density at radius 1 is 1.36 bits per heavy atom. The third-order valence-corrected chi connectivity index (χ3v) is 4.52. The zero-order valence-electron chi connectivity index (χ0n) is 13.2. The largest absolute Gasteiger partial charge is 0.461 e. The van der Waals surface area contributed by atoms with Crippen molar-refractivity contribution in [1.29, 1.82) is 0 Å². The van der Waals surface area contributed by atoms with Gasteiger partial charge in [0.2, 0.25) is 5.91 Å². The molecule has 0 spiro atoms. The molecule has 1 saturated heterocycles. The van der Waals surface area contributed by atoms with Gasteiger partial charge in [0.15, 0.2) is 0 Å². The molecule has 1 aliphatic heterocycles. The number of hydrogen-bond donors (Lipinski definition) is 1. The third-order valence-electron chi connectivity index (χ3n) is 4.52. The zero-order chi connectivity index (χ0) is 15.5. The van der Waals surface area contributed by atoms with Crippen molar-refractivity contribution in [3.63, 3.8) is 0 Å². The number of benzene rings is 1. The van der Waals surface area contributed by atoms with E-state index in [1.165, 1.54) is 5.56 Å². The smallest absolute Gasteiger partial charge is 0.225 e. The van der Waals surface area contributed by atoms with Crippen molar-refractivity contribution in [2.45, 2.75) is 39.2 Å². The van der Waals surface area contributed by atoms with Crippen molar-refractivity contribution in [2.75, 3.05) is 13.2 Å². The van der Waals surface area contributed by atoms with Gasteiger partial charge in [0.05, 0.1) is 12.0 Å². The Morgan fingerprint density at radius 2 is 2.18 bits per heavy atom. The van der Waals surface area contributed by atoms with Gasteiger partial charge in [-0.25, -0.2) is 0 Å². The lowest BCUT2D eigenvalue weighted by atomic mass is 9.98. The molecule has 22 heavy (non-hydrogen) atoms. The summed E-state index contributed by atoms with van der Waals surface area (Å²) in [5.74, 6) is 1.06. The first-order valence-corrected chi connectivity index (χ1v) is 8.07. The Balaban J connectivity index is 1.60. The highest BCUT2D eigenvalue weighted by molar-refractivity contribution is 5.82. The summed E-state index contributed by atoms with van der Waals surface area (Å²) in [7, 11) is 0. The lowest BCUT2D eigenvalue weighted by Crippen LogP contribution is -2.36. The minimum absolute atomic E-state index is 0.00666. The first-order valence-electron chi connectivity index (χ1n) is 8.07. The van der Waals surface area contributed by atoms with Crippen LogP contribution in [0.15, 0.2) is 28.7 Å². The predicted molar refractivity (Wildman–Crippen MR) is 85.8 cm³/mol. The SMILES string of the molecule is CC[C@@H]1OCC[C@H]1C(=O)NCCc1c(C)oc2ccccc12. The molecule has 2 aromatic rings. The highest BCUT2D eigenvalue weighted by atomic mass is 16.5. The molecule has 4 heteroatoms. The highest BCUT2D eigenvalue weighted by Gasteiger charge is 2.32. The minimum atomic E-state index is 0.00666. The molecule has 0 bridgehead atoms. The Labute approximate surface area is 130 Å².